The van der Waals surface area contributed by atoms with Crippen LogP contribution in [-0.4, -0.2) is 86.0 Å². The van der Waals surface area contributed by atoms with Crippen LogP contribution in [0.15, 0.2) is 94.7 Å². The van der Waals surface area contributed by atoms with E-state index in [1.807, 2.05) is 61.3 Å². The average molecular weight is 868 g/mol. The molecule has 0 bridgehead atoms. The molecule has 3 aliphatic heterocycles. The Bertz CT molecular complexity index is 2730. The second-order valence-corrected chi connectivity index (χ2v) is 18.5. The predicted octanol–water partition coefficient (Wildman–Crippen LogP) is 8.02. The Morgan fingerprint density at radius 3 is 2.19 bits per heavy atom. The molecule has 318 valence electrons. The van der Waals surface area contributed by atoms with Crippen LogP contribution in [0.1, 0.15) is 81.9 Å². The number of benzene rings is 3. The number of carbonyl (C=O) groups excluding carboxylic acids is 4. The summed E-state index contributed by atoms with van der Waals surface area (Å²) in [6.07, 6.45) is 5.99. The first kappa shape index (κ1) is 41.4. The number of nitrogens with zero attached hydrogens (tertiary/aromatic N) is 4. The summed E-state index contributed by atoms with van der Waals surface area (Å²) in [5.74, 6) is -0.468. The SMILES string of the molecule is CC(=O)N[C@@H](C(=O)N1CCCC1C1=NC=C(c2csc3c(-c4ccc(-c5ccc6nc(C7CCCN7C(=O)[C@H](NC(=O)CO)C(C)C)[nH]c6c5)cc4)csc23)C1)c1ccccc1. The Morgan fingerprint density at radius 1 is 0.823 bits per heavy atom. The van der Waals surface area contributed by atoms with E-state index < -0.39 is 24.6 Å². The van der Waals surface area contributed by atoms with Crippen LogP contribution in [0.3, 0.4) is 0 Å². The molecule has 12 nitrogen and oxygen atoms in total. The highest BCUT2D eigenvalue weighted by Gasteiger charge is 2.39. The summed E-state index contributed by atoms with van der Waals surface area (Å²) >= 11 is 3.50. The molecule has 0 saturated carbocycles. The monoisotopic (exact) mass is 867 g/mol. The normalized spacial score (nSPS) is 18.7. The van der Waals surface area contributed by atoms with E-state index in [2.05, 4.69) is 62.8 Å². The number of nitrogens with one attached hydrogen (secondary N) is 3. The van der Waals surface area contributed by atoms with Crippen molar-refractivity contribution in [3.63, 3.8) is 0 Å². The summed E-state index contributed by atoms with van der Waals surface area (Å²) in [7, 11) is 0. The minimum Gasteiger partial charge on any atom is -0.387 e. The average Bonchev–Trinajstić information content (AvgIpc) is 4.14. The fourth-order valence-electron chi connectivity index (χ4n) is 9.17. The van der Waals surface area contributed by atoms with Crippen molar-refractivity contribution < 1.29 is 24.3 Å². The van der Waals surface area contributed by atoms with Gasteiger partial charge in [0.15, 0.2) is 0 Å². The third kappa shape index (κ3) is 7.98. The molecule has 2 unspecified atom stereocenters. The lowest BCUT2D eigenvalue weighted by atomic mass is 9.98. The Hall–Kier alpha value is -5.96. The van der Waals surface area contributed by atoms with Crippen LogP contribution in [0.5, 0.6) is 0 Å². The zero-order valence-electron chi connectivity index (χ0n) is 34.9. The van der Waals surface area contributed by atoms with Crippen LogP contribution >= 0.6 is 22.7 Å². The number of amides is 4. The van der Waals surface area contributed by atoms with E-state index in [-0.39, 0.29) is 35.7 Å². The third-order valence-corrected chi connectivity index (χ3v) is 14.5. The molecule has 6 aromatic rings. The van der Waals surface area contributed by atoms with Crippen molar-refractivity contribution in [3.05, 3.63) is 107 Å². The van der Waals surface area contributed by atoms with Crippen molar-refractivity contribution in [2.45, 2.75) is 77.0 Å². The minimum atomic E-state index is -0.735. The van der Waals surface area contributed by atoms with E-state index in [9.17, 15) is 24.3 Å². The first-order chi connectivity index (χ1) is 30.1. The second-order valence-electron chi connectivity index (χ2n) is 16.7. The van der Waals surface area contributed by atoms with Crippen molar-refractivity contribution in [1.82, 2.24) is 30.4 Å². The fraction of sp³-hybridized carbons (Fsp3) is 0.333. The van der Waals surface area contributed by atoms with Gasteiger partial charge in [0.05, 0.1) is 32.5 Å². The van der Waals surface area contributed by atoms with Crippen LogP contribution < -0.4 is 10.6 Å². The molecule has 3 aromatic heterocycles. The number of thiophene rings is 2. The molecule has 0 aliphatic carbocycles. The van der Waals surface area contributed by atoms with Gasteiger partial charge in [0.25, 0.3) is 0 Å². The van der Waals surface area contributed by atoms with E-state index in [1.54, 1.807) is 27.6 Å². The minimum absolute atomic E-state index is 0.0981. The summed E-state index contributed by atoms with van der Waals surface area (Å²) in [5, 5.41) is 19.3. The fourth-order valence-corrected chi connectivity index (χ4v) is 11.7. The molecule has 2 saturated heterocycles. The number of aliphatic imine (C=N–C) groups is 1. The Morgan fingerprint density at radius 2 is 1.48 bits per heavy atom. The molecule has 9 rings (SSSR count). The van der Waals surface area contributed by atoms with Gasteiger partial charge in [-0.05, 0) is 71.6 Å². The number of aliphatic hydroxyl groups excluding tert-OH is 1. The van der Waals surface area contributed by atoms with Gasteiger partial charge in [0, 0.05) is 60.2 Å². The van der Waals surface area contributed by atoms with Gasteiger partial charge in [-0.3, -0.25) is 24.2 Å². The molecule has 0 radical (unpaired) electrons. The Balaban J connectivity index is 0.879. The molecule has 2 fully saturated rings. The molecule has 0 spiro atoms. The van der Waals surface area contributed by atoms with Gasteiger partial charge in [0.1, 0.15) is 24.5 Å². The lowest BCUT2D eigenvalue weighted by Crippen LogP contribution is -2.51. The van der Waals surface area contributed by atoms with E-state index in [4.69, 9.17) is 9.98 Å². The lowest BCUT2D eigenvalue weighted by Gasteiger charge is -2.30. The molecule has 14 heteroatoms. The summed E-state index contributed by atoms with van der Waals surface area (Å²) < 4.78 is 2.48. The van der Waals surface area contributed by atoms with E-state index in [0.29, 0.717) is 19.5 Å². The maximum atomic E-state index is 14.0. The van der Waals surface area contributed by atoms with E-state index >= 15 is 0 Å². The van der Waals surface area contributed by atoms with Crippen molar-refractivity contribution in [3.8, 4) is 22.3 Å². The molecule has 4 atom stereocenters. The quantitative estimate of drug-likeness (QED) is 0.0975. The van der Waals surface area contributed by atoms with Gasteiger partial charge in [-0.25, -0.2) is 4.98 Å². The molecule has 3 aromatic carbocycles. The molecular weight excluding hydrogens is 819 g/mol. The van der Waals surface area contributed by atoms with Gasteiger partial charge >= 0.3 is 0 Å². The number of likely N-dealkylation sites (tertiary alicyclic amines) is 2. The van der Waals surface area contributed by atoms with Gasteiger partial charge in [0.2, 0.25) is 23.6 Å². The number of aromatic amines is 1. The Labute approximate surface area is 367 Å². The maximum Gasteiger partial charge on any atom is 0.250 e. The zero-order valence-corrected chi connectivity index (χ0v) is 36.5. The van der Waals surface area contributed by atoms with Gasteiger partial charge in [-0.2, -0.15) is 0 Å². The highest BCUT2D eigenvalue weighted by Crippen LogP contribution is 2.45. The van der Waals surface area contributed by atoms with Crippen LogP contribution in [0, 0.1) is 5.92 Å². The third-order valence-electron chi connectivity index (χ3n) is 12.3. The standard InChI is InChI=1S/C48H49N7O5S2/c1-27(2)42(53-41(58)24-56)47(59)55-20-8-12-40(55)46-51-36-18-17-32(21-37(36)52-46)29-13-15-30(16-14-29)34-25-61-45-35(26-62-44(34)45)33-22-38(49-23-33)39-11-7-19-54(39)48(60)43(50-28(3)57)31-9-5-4-6-10-31/h4-6,9-10,13-18,21,23,25-27,39-40,42-43,56H,7-8,11-12,19-20,22,24H2,1-3H3,(H,50,57)(H,51,52)(H,53,58)/t39?,40?,42-,43-/m1/s1. The predicted molar refractivity (Wildman–Crippen MR) is 246 cm³/mol. The number of fused-ring (bicyclic) bond motifs is 2. The topological polar surface area (TPSA) is 160 Å². The number of rotatable bonds is 12. The first-order valence-electron chi connectivity index (χ1n) is 21.3. The van der Waals surface area contributed by atoms with E-state index in [0.717, 1.165) is 76.1 Å². The van der Waals surface area contributed by atoms with Gasteiger partial charge in [-0.15, -0.1) is 22.7 Å². The molecule has 4 amide bonds. The van der Waals surface area contributed by atoms with E-state index in [1.165, 1.54) is 27.5 Å². The molecule has 4 N–H and O–H groups in total. The first-order valence-corrected chi connectivity index (χ1v) is 23.0. The van der Waals surface area contributed by atoms with Crippen LogP contribution in [0.25, 0.3) is 48.3 Å². The van der Waals surface area contributed by atoms with Crippen molar-refractivity contribution in [2.75, 3.05) is 19.7 Å². The molecule has 62 heavy (non-hydrogen) atoms. The molecule has 3 aliphatic rings. The van der Waals surface area contributed by atoms with Gasteiger partial charge < -0.3 is 30.5 Å². The number of carbonyl (C=O) groups is 4. The van der Waals surface area contributed by atoms with Gasteiger partial charge in [-0.1, -0.05) is 74.5 Å². The Kier molecular flexibility index (Phi) is 11.6. The van der Waals surface area contributed by atoms with Crippen LogP contribution in [0.2, 0.25) is 0 Å². The number of hydrogen-bond acceptors (Lipinski definition) is 9. The highest BCUT2D eigenvalue weighted by atomic mass is 32.1. The summed E-state index contributed by atoms with van der Waals surface area (Å²) in [5.41, 5.74) is 10.3. The summed E-state index contributed by atoms with van der Waals surface area (Å²) in [4.78, 5) is 68.8. The van der Waals surface area contributed by atoms with Crippen molar-refractivity contribution >= 4 is 78.0 Å². The zero-order chi connectivity index (χ0) is 43.1. The summed E-state index contributed by atoms with van der Waals surface area (Å²) in [6.45, 7) is 5.77. The number of imidazole rings is 1. The van der Waals surface area contributed by atoms with Crippen molar-refractivity contribution in [1.29, 1.82) is 0 Å². The van der Waals surface area contributed by atoms with Crippen LogP contribution in [-0.2, 0) is 19.2 Å². The number of aromatic nitrogens is 2. The number of allylic oxidation sites excluding steroid dienone is 1. The lowest BCUT2D eigenvalue weighted by molar-refractivity contribution is -0.139. The number of aliphatic hydroxyl groups is 1. The molecular formula is C48H49N7O5S2. The molecule has 6 heterocycles. The van der Waals surface area contributed by atoms with Crippen LogP contribution in [0.4, 0.5) is 0 Å². The number of hydrogen-bond donors (Lipinski definition) is 4. The smallest absolute Gasteiger partial charge is 0.250 e. The second kappa shape index (κ2) is 17.4. The highest BCUT2D eigenvalue weighted by molar-refractivity contribution is 7.27. The van der Waals surface area contributed by atoms with Crippen molar-refractivity contribution in [2.24, 2.45) is 10.9 Å². The maximum absolute atomic E-state index is 14.0. The largest absolute Gasteiger partial charge is 0.387 e. The summed E-state index contributed by atoms with van der Waals surface area (Å²) in [6, 6.07) is 22.5. The number of H-pyrrole nitrogens is 1.